The third kappa shape index (κ3) is 2.72. The van der Waals surface area contributed by atoms with Gasteiger partial charge in [0.2, 0.25) is 0 Å². The summed E-state index contributed by atoms with van der Waals surface area (Å²) >= 11 is 3.67. The second-order valence-electron chi connectivity index (χ2n) is 5.88. The molecule has 0 amide bonds. The summed E-state index contributed by atoms with van der Waals surface area (Å²) in [6, 6.07) is 15.8. The summed E-state index contributed by atoms with van der Waals surface area (Å²) in [7, 11) is 0. The zero-order valence-corrected chi connectivity index (χ0v) is 14.1. The Kier molecular flexibility index (Phi) is 4.05. The molecule has 0 spiro atoms. The van der Waals surface area contributed by atoms with E-state index in [2.05, 4.69) is 70.2 Å². The number of halogens is 1. The van der Waals surface area contributed by atoms with Crippen molar-refractivity contribution in [2.45, 2.75) is 38.8 Å². The molecule has 0 radical (unpaired) electrons. The summed E-state index contributed by atoms with van der Waals surface area (Å²) < 4.78 is 1.09. The number of benzene rings is 2. The van der Waals surface area contributed by atoms with Gasteiger partial charge in [-0.05, 0) is 56.0 Å². The van der Waals surface area contributed by atoms with Crippen LogP contribution in [-0.2, 0) is 6.42 Å². The predicted molar refractivity (Wildman–Crippen MR) is 93.1 cm³/mol. The molecular formula is C18H21BrN2. The first-order valence-electron chi connectivity index (χ1n) is 7.50. The fourth-order valence-electron chi connectivity index (χ4n) is 3.12. The highest BCUT2D eigenvalue weighted by Gasteiger charge is 2.24. The maximum atomic E-state index is 6.00. The summed E-state index contributed by atoms with van der Waals surface area (Å²) in [5.41, 5.74) is 11.1. The third-order valence-corrected chi connectivity index (χ3v) is 4.96. The Bertz CT molecular complexity index is 651. The Balaban J connectivity index is 2.05. The van der Waals surface area contributed by atoms with Gasteiger partial charge in [0.25, 0.3) is 0 Å². The second kappa shape index (κ2) is 5.82. The van der Waals surface area contributed by atoms with Gasteiger partial charge in [0, 0.05) is 27.9 Å². The zero-order chi connectivity index (χ0) is 15.0. The van der Waals surface area contributed by atoms with E-state index in [0.717, 1.165) is 16.5 Å². The van der Waals surface area contributed by atoms with Crippen molar-refractivity contribution >= 4 is 27.3 Å². The van der Waals surface area contributed by atoms with Crippen LogP contribution < -0.4 is 10.6 Å². The topological polar surface area (TPSA) is 29.3 Å². The number of nitrogens with two attached hydrogens (primary N) is 1. The molecule has 0 fully saturated rings. The van der Waals surface area contributed by atoms with E-state index in [4.69, 9.17) is 5.73 Å². The highest BCUT2D eigenvalue weighted by atomic mass is 79.9. The molecule has 1 heterocycles. The Morgan fingerprint density at radius 2 is 2.00 bits per heavy atom. The summed E-state index contributed by atoms with van der Waals surface area (Å²) in [4.78, 5) is 2.44. The van der Waals surface area contributed by atoms with Crippen LogP contribution in [0.2, 0.25) is 0 Å². The van der Waals surface area contributed by atoms with Gasteiger partial charge in [-0.15, -0.1) is 0 Å². The number of aryl methyl sites for hydroxylation is 1. The quantitative estimate of drug-likeness (QED) is 0.835. The van der Waals surface area contributed by atoms with Gasteiger partial charge in [-0.1, -0.05) is 40.2 Å². The van der Waals surface area contributed by atoms with Crippen LogP contribution in [-0.4, -0.2) is 6.04 Å². The highest BCUT2D eigenvalue weighted by Crippen LogP contribution is 2.38. The molecule has 1 unspecified atom stereocenters. The SMILES string of the molecule is CC1CCc2ccccc2N1c1ccc([C@@H](C)N)c(Br)c1. The molecular weight excluding hydrogens is 324 g/mol. The van der Waals surface area contributed by atoms with Crippen molar-refractivity contribution in [2.75, 3.05) is 4.90 Å². The Hall–Kier alpha value is -1.32. The van der Waals surface area contributed by atoms with Crippen molar-refractivity contribution < 1.29 is 0 Å². The van der Waals surface area contributed by atoms with Gasteiger partial charge >= 0.3 is 0 Å². The standard InChI is InChI=1S/C18H21BrN2/c1-12-7-8-14-5-3-4-6-18(14)21(12)15-9-10-16(13(2)20)17(19)11-15/h3-6,9-13H,7-8,20H2,1-2H3/t12?,13-/m1/s1. The van der Waals surface area contributed by atoms with Gasteiger partial charge in [-0.3, -0.25) is 0 Å². The van der Waals surface area contributed by atoms with E-state index in [1.165, 1.54) is 23.4 Å². The van der Waals surface area contributed by atoms with Crippen LogP contribution in [0.4, 0.5) is 11.4 Å². The van der Waals surface area contributed by atoms with E-state index >= 15 is 0 Å². The number of anilines is 2. The fraction of sp³-hybridized carbons (Fsp3) is 0.333. The van der Waals surface area contributed by atoms with E-state index in [1.54, 1.807) is 0 Å². The molecule has 3 heteroatoms. The van der Waals surface area contributed by atoms with Crippen molar-refractivity contribution in [3.05, 3.63) is 58.1 Å². The number of rotatable bonds is 2. The molecule has 1 aliphatic rings. The van der Waals surface area contributed by atoms with Crippen LogP contribution in [0.3, 0.4) is 0 Å². The van der Waals surface area contributed by atoms with Crippen LogP contribution in [0.15, 0.2) is 46.9 Å². The van der Waals surface area contributed by atoms with E-state index in [0.29, 0.717) is 6.04 Å². The lowest BCUT2D eigenvalue weighted by atomic mass is 9.95. The maximum absolute atomic E-state index is 6.00. The van der Waals surface area contributed by atoms with Crippen molar-refractivity contribution in [3.8, 4) is 0 Å². The maximum Gasteiger partial charge on any atom is 0.0445 e. The van der Waals surface area contributed by atoms with Crippen LogP contribution >= 0.6 is 15.9 Å². The van der Waals surface area contributed by atoms with E-state index in [-0.39, 0.29) is 6.04 Å². The fourth-order valence-corrected chi connectivity index (χ4v) is 3.84. The van der Waals surface area contributed by atoms with E-state index in [1.807, 2.05) is 6.92 Å². The third-order valence-electron chi connectivity index (χ3n) is 4.28. The van der Waals surface area contributed by atoms with Gasteiger partial charge in [-0.25, -0.2) is 0 Å². The van der Waals surface area contributed by atoms with Crippen molar-refractivity contribution in [2.24, 2.45) is 5.73 Å². The van der Waals surface area contributed by atoms with Gasteiger partial charge in [0.05, 0.1) is 0 Å². The average molecular weight is 345 g/mol. The van der Waals surface area contributed by atoms with E-state index in [9.17, 15) is 0 Å². The number of para-hydroxylation sites is 1. The summed E-state index contributed by atoms with van der Waals surface area (Å²) in [5, 5.41) is 0. The molecule has 2 N–H and O–H groups in total. The van der Waals surface area contributed by atoms with Crippen molar-refractivity contribution in [3.63, 3.8) is 0 Å². The number of fused-ring (bicyclic) bond motifs is 1. The molecule has 2 atom stereocenters. The molecule has 2 aromatic rings. The molecule has 0 bridgehead atoms. The van der Waals surface area contributed by atoms with Crippen LogP contribution in [0.5, 0.6) is 0 Å². The predicted octanol–water partition coefficient (Wildman–Crippen LogP) is 4.94. The molecule has 110 valence electrons. The molecule has 21 heavy (non-hydrogen) atoms. The van der Waals surface area contributed by atoms with Gasteiger partial charge < -0.3 is 10.6 Å². The van der Waals surface area contributed by atoms with Crippen LogP contribution in [0.1, 0.15) is 37.4 Å². The van der Waals surface area contributed by atoms with Gasteiger partial charge in [0.1, 0.15) is 0 Å². The average Bonchev–Trinajstić information content (AvgIpc) is 2.46. The molecule has 2 nitrogen and oxygen atoms in total. The largest absolute Gasteiger partial charge is 0.338 e. The van der Waals surface area contributed by atoms with Gasteiger partial charge in [-0.2, -0.15) is 0 Å². The second-order valence-corrected chi connectivity index (χ2v) is 6.74. The first-order valence-corrected chi connectivity index (χ1v) is 8.29. The molecule has 0 aromatic heterocycles. The lowest BCUT2D eigenvalue weighted by Gasteiger charge is -2.37. The first-order chi connectivity index (χ1) is 10.1. The minimum Gasteiger partial charge on any atom is -0.338 e. The monoisotopic (exact) mass is 344 g/mol. The zero-order valence-electron chi connectivity index (χ0n) is 12.5. The summed E-state index contributed by atoms with van der Waals surface area (Å²) in [6.45, 7) is 4.31. The molecule has 0 saturated heterocycles. The number of nitrogens with zero attached hydrogens (tertiary/aromatic N) is 1. The highest BCUT2D eigenvalue weighted by molar-refractivity contribution is 9.10. The first kappa shape index (κ1) is 14.6. The minimum atomic E-state index is 0.0412. The molecule has 0 saturated carbocycles. The lowest BCUT2D eigenvalue weighted by molar-refractivity contribution is 0.618. The minimum absolute atomic E-state index is 0.0412. The van der Waals surface area contributed by atoms with Crippen LogP contribution in [0.25, 0.3) is 0 Å². The molecule has 1 aliphatic heterocycles. The number of hydrogen-bond donors (Lipinski definition) is 1. The Labute approximate surface area is 135 Å². The molecule has 3 rings (SSSR count). The molecule has 2 aromatic carbocycles. The van der Waals surface area contributed by atoms with Crippen molar-refractivity contribution in [1.82, 2.24) is 0 Å². The van der Waals surface area contributed by atoms with Crippen LogP contribution in [0, 0.1) is 0 Å². The molecule has 0 aliphatic carbocycles. The normalized spacial score (nSPS) is 19.2. The lowest BCUT2D eigenvalue weighted by Crippen LogP contribution is -2.33. The summed E-state index contributed by atoms with van der Waals surface area (Å²) in [6.07, 6.45) is 2.34. The van der Waals surface area contributed by atoms with E-state index < -0.39 is 0 Å². The Morgan fingerprint density at radius 1 is 1.24 bits per heavy atom. The summed E-state index contributed by atoms with van der Waals surface area (Å²) in [5.74, 6) is 0. The smallest absolute Gasteiger partial charge is 0.0445 e. The van der Waals surface area contributed by atoms with Gasteiger partial charge in [0.15, 0.2) is 0 Å². The number of hydrogen-bond acceptors (Lipinski definition) is 2. The Morgan fingerprint density at radius 3 is 2.71 bits per heavy atom. The van der Waals surface area contributed by atoms with Crippen molar-refractivity contribution in [1.29, 1.82) is 0 Å².